The Balaban J connectivity index is 0.000000253. The highest BCUT2D eigenvalue weighted by atomic mass is 35.5. The Morgan fingerprint density at radius 2 is 1.87 bits per heavy atom. The molecule has 0 aliphatic carbocycles. The van der Waals surface area contributed by atoms with Gasteiger partial charge in [0.15, 0.2) is 0 Å². The maximum absolute atomic E-state index is 11.7. The van der Waals surface area contributed by atoms with Crippen LogP contribution in [0.3, 0.4) is 0 Å². The van der Waals surface area contributed by atoms with Crippen LogP contribution in [0.2, 0.25) is 10.0 Å². The van der Waals surface area contributed by atoms with Gasteiger partial charge in [0.2, 0.25) is 5.91 Å². The lowest BCUT2D eigenvalue weighted by Crippen LogP contribution is -2.31. The van der Waals surface area contributed by atoms with Crippen molar-refractivity contribution >= 4 is 29.1 Å². The summed E-state index contributed by atoms with van der Waals surface area (Å²) in [5.74, 6) is 0.944. The first-order valence-corrected chi connectivity index (χ1v) is 8.61. The second-order valence-corrected chi connectivity index (χ2v) is 7.07. The van der Waals surface area contributed by atoms with Crippen molar-refractivity contribution in [3.8, 4) is 5.75 Å². The third-order valence-corrected chi connectivity index (χ3v) is 4.30. The summed E-state index contributed by atoms with van der Waals surface area (Å²) >= 11 is 11.1. The van der Waals surface area contributed by atoms with E-state index in [1.807, 2.05) is 4.90 Å². The van der Waals surface area contributed by atoms with Crippen molar-refractivity contribution in [3.05, 3.63) is 28.2 Å². The molecule has 1 saturated heterocycles. The normalized spacial score (nSPS) is 15.3. The van der Waals surface area contributed by atoms with E-state index in [-0.39, 0.29) is 5.75 Å². The predicted octanol–water partition coefficient (Wildman–Crippen LogP) is 3.90. The summed E-state index contributed by atoms with van der Waals surface area (Å²) in [6.45, 7) is 5.11. The third-order valence-electron chi connectivity index (χ3n) is 3.56. The van der Waals surface area contributed by atoms with Crippen LogP contribution in [-0.4, -0.2) is 54.5 Å². The molecule has 1 N–H and O–H groups in total. The van der Waals surface area contributed by atoms with Gasteiger partial charge in [0.25, 0.3) is 0 Å². The van der Waals surface area contributed by atoms with Gasteiger partial charge in [0.05, 0.1) is 10.0 Å². The number of carbonyl (C=O) groups is 1. The topological polar surface area (TPSA) is 43.8 Å². The molecule has 0 bridgehead atoms. The standard InChI is InChI=1S/C11H22N2O.C6H4Cl2O/c1-10(9-12(2)3)8-11(14)13-6-4-5-7-13;7-5-2-1-4(9)3-6(5)8/h10H,4-9H2,1-3H3;1-3,9H. The van der Waals surface area contributed by atoms with Crippen molar-refractivity contribution in [3.63, 3.8) is 0 Å². The largest absolute Gasteiger partial charge is 0.508 e. The maximum atomic E-state index is 11.7. The molecule has 1 aliphatic rings. The smallest absolute Gasteiger partial charge is 0.222 e. The lowest BCUT2D eigenvalue weighted by molar-refractivity contribution is -0.131. The molecule has 1 aromatic rings. The number of hydrogen-bond donors (Lipinski definition) is 1. The first kappa shape index (κ1) is 20.1. The van der Waals surface area contributed by atoms with E-state index in [0.717, 1.165) is 19.6 Å². The molecule has 4 nitrogen and oxygen atoms in total. The van der Waals surface area contributed by atoms with Gasteiger partial charge in [-0.1, -0.05) is 30.1 Å². The average molecular weight is 361 g/mol. The van der Waals surface area contributed by atoms with E-state index in [1.165, 1.54) is 25.0 Å². The van der Waals surface area contributed by atoms with Crippen LogP contribution in [0.5, 0.6) is 5.75 Å². The minimum atomic E-state index is 0.129. The predicted molar refractivity (Wildman–Crippen MR) is 96.3 cm³/mol. The van der Waals surface area contributed by atoms with E-state index in [1.54, 1.807) is 6.07 Å². The fourth-order valence-electron chi connectivity index (χ4n) is 2.57. The summed E-state index contributed by atoms with van der Waals surface area (Å²) in [6, 6.07) is 4.41. The molecule has 0 aromatic heterocycles. The summed E-state index contributed by atoms with van der Waals surface area (Å²) < 4.78 is 0. The van der Waals surface area contributed by atoms with Crippen LogP contribution in [0, 0.1) is 5.92 Å². The number of phenols is 1. The summed E-state index contributed by atoms with van der Waals surface area (Å²) in [5, 5.41) is 9.62. The molecule has 1 unspecified atom stereocenters. The molecule has 1 fully saturated rings. The molecule has 0 saturated carbocycles. The second-order valence-electron chi connectivity index (χ2n) is 6.26. The molecule has 1 aromatic carbocycles. The highest BCUT2D eigenvalue weighted by Crippen LogP contribution is 2.25. The van der Waals surface area contributed by atoms with Crippen molar-refractivity contribution in [1.29, 1.82) is 0 Å². The van der Waals surface area contributed by atoms with Crippen LogP contribution in [0.4, 0.5) is 0 Å². The molecule has 1 amide bonds. The van der Waals surface area contributed by atoms with Crippen LogP contribution in [0.15, 0.2) is 18.2 Å². The Hall–Kier alpha value is -0.970. The van der Waals surface area contributed by atoms with Gasteiger partial charge in [-0.05, 0) is 51.1 Å². The van der Waals surface area contributed by atoms with Crippen LogP contribution in [-0.2, 0) is 4.79 Å². The average Bonchev–Trinajstić information content (AvgIpc) is 2.97. The van der Waals surface area contributed by atoms with Crippen molar-refractivity contribution < 1.29 is 9.90 Å². The van der Waals surface area contributed by atoms with Crippen molar-refractivity contribution in [2.45, 2.75) is 26.2 Å². The molecular formula is C17H26Cl2N2O2. The molecule has 1 atom stereocenters. The van der Waals surface area contributed by atoms with E-state index in [9.17, 15) is 4.79 Å². The van der Waals surface area contributed by atoms with Gasteiger partial charge in [-0.3, -0.25) is 4.79 Å². The zero-order valence-corrected chi connectivity index (χ0v) is 15.6. The number of likely N-dealkylation sites (tertiary alicyclic amines) is 1. The van der Waals surface area contributed by atoms with E-state index >= 15 is 0 Å². The Bertz CT molecular complexity index is 503. The zero-order valence-electron chi connectivity index (χ0n) is 14.1. The van der Waals surface area contributed by atoms with Crippen LogP contribution >= 0.6 is 23.2 Å². The number of rotatable bonds is 4. The Labute approximate surface area is 149 Å². The molecule has 6 heteroatoms. The molecule has 1 aliphatic heterocycles. The zero-order chi connectivity index (χ0) is 17.4. The first-order chi connectivity index (χ1) is 10.8. The van der Waals surface area contributed by atoms with Crippen molar-refractivity contribution in [1.82, 2.24) is 9.80 Å². The molecule has 23 heavy (non-hydrogen) atoms. The van der Waals surface area contributed by atoms with Gasteiger partial charge in [-0.2, -0.15) is 0 Å². The third kappa shape index (κ3) is 7.91. The highest BCUT2D eigenvalue weighted by Gasteiger charge is 2.19. The minimum absolute atomic E-state index is 0.129. The number of phenolic OH excluding ortho intramolecular Hbond substituents is 1. The van der Waals surface area contributed by atoms with E-state index in [4.69, 9.17) is 28.3 Å². The second kappa shape index (κ2) is 10.0. The molecule has 0 radical (unpaired) electrons. The van der Waals surface area contributed by atoms with Gasteiger partial charge in [-0.25, -0.2) is 0 Å². The minimum Gasteiger partial charge on any atom is -0.508 e. The summed E-state index contributed by atoms with van der Waals surface area (Å²) in [5.41, 5.74) is 0. The molecule has 2 rings (SSSR count). The van der Waals surface area contributed by atoms with E-state index in [2.05, 4.69) is 25.9 Å². The van der Waals surface area contributed by atoms with Crippen LogP contribution < -0.4 is 0 Å². The molecule has 130 valence electrons. The number of carbonyl (C=O) groups excluding carboxylic acids is 1. The van der Waals surface area contributed by atoms with Crippen molar-refractivity contribution in [2.24, 2.45) is 5.92 Å². The first-order valence-electron chi connectivity index (χ1n) is 7.86. The van der Waals surface area contributed by atoms with Crippen molar-refractivity contribution in [2.75, 3.05) is 33.7 Å². The lowest BCUT2D eigenvalue weighted by Gasteiger charge is -2.20. The van der Waals surface area contributed by atoms with E-state index in [0.29, 0.717) is 28.3 Å². The molecule has 1 heterocycles. The Kier molecular flexibility index (Phi) is 8.74. The molecule has 0 spiro atoms. The van der Waals surface area contributed by atoms with Crippen LogP contribution in [0.25, 0.3) is 0 Å². The number of hydrogen-bond acceptors (Lipinski definition) is 3. The van der Waals surface area contributed by atoms with Gasteiger partial charge in [0.1, 0.15) is 5.75 Å². The van der Waals surface area contributed by atoms with Crippen LogP contribution in [0.1, 0.15) is 26.2 Å². The van der Waals surface area contributed by atoms with E-state index < -0.39 is 0 Å². The fraction of sp³-hybridized carbons (Fsp3) is 0.588. The quantitative estimate of drug-likeness (QED) is 0.885. The monoisotopic (exact) mass is 360 g/mol. The fourth-order valence-corrected chi connectivity index (χ4v) is 2.86. The van der Waals surface area contributed by atoms with Gasteiger partial charge < -0.3 is 14.9 Å². The highest BCUT2D eigenvalue weighted by molar-refractivity contribution is 6.42. The number of amides is 1. The number of nitrogens with zero attached hydrogens (tertiary/aromatic N) is 2. The number of halogens is 2. The van der Waals surface area contributed by atoms with Gasteiger partial charge in [0, 0.05) is 26.1 Å². The number of aromatic hydroxyl groups is 1. The Morgan fingerprint density at radius 1 is 1.26 bits per heavy atom. The van der Waals surface area contributed by atoms with Gasteiger partial charge >= 0.3 is 0 Å². The summed E-state index contributed by atoms with van der Waals surface area (Å²) in [7, 11) is 4.10. The lowest BCUT2D eigenvalue weighted by atomic mass is 10.1. The summed E-state index contributed by atoms with van der Waals surface area (Å²) in [4.78, 5) is 15.9. The molecular weight excluding hydrogens is 335 g/mol. The Morgan fingerprint density at radius 3 is 2.35 bits per heavy atom. The number of benzene rings is 1. The summed E-state index contributed by atoms with van der Waals surface area (Å²) in [6.07, 6.45) is 3.08. The van der Waals surface area contributed by atoms with Gasteiger partial charge in [-0.15, -0.1) is 0 Å². The SMILES string of the molecule is CC(CC(=O)N1CCCC1)CN(C)C.Oc1ccc(Cl)c(Cl)c1. The maximum Gasteiger partial charge on any atom is 0.222 e.